The molecular formula is C34H38N6O4. The molecule has 7 rings (SSSR count). The maximum absolute atomic E-state index is 13.5. The summed E-state index contributed by atoms with van der Waals surface area (Å²) in [5, 5.41) is 7.24. The molecule has 3 aliphatic rings. The standard InChI is InChI=1S/C29H28N6O4.C5H10/c36-20-33-17-29(18-33)19-34(28(38)23-12-31-35(14-23)13-22-9-5-2-6-10-22)15-24(29)27-32-25(16-39-27)26(37)30-11-21-7-3-1-4-8-21;1-5(2)3-4-5/h1-10,12,14,16,20,24H,11,13,15,17-19H2,(H,30,37);3-4H2,1-2H3. The third kappa shape index (κ3) is 6.59. The lowest BCUT2D eigenvalue weighted by atomic mass is 9.72. The molecule has 10 nitrogen and oxygen atoms in total. The van der Waals surface area contributed by atoms with E-state index in [1.54, 1.807) is 26.9 Å². The highest BCUT2D eigenvalue weighted by Crippen LogP contribution is 2.48. The summed E-state index contributed by atoms with van der Waals surface area (Å²) in [5.41, 5.74) is 3.14. The van der Waals surface area contributed by atoms with Gasteiger partial charge in [-0.25, -0.2) is 4.98 Å². The minimum atomic E-state index is -0.376. The first-order valence-corrected chi connectivity index (χ1v) is 15.1. The summed E-state index contributed by atoms with van der Waals surface area (Å²) < 4.78 is 7.54. The van der Waals surface area contributed by atoms with E-state index in [9.17, 15) is 14.4 Å². The summed E-state index contributed by atoms with van der Waals surface area (Å²) in [7, 11) is 0. The molecule has 0 bridgehead atoms. The molecule has 1 saturated carbocycles. The number of hydrogen-bond acceptors (Lipinski definition) is 6. The van der Waals surface area contributed by atoms with Crippen molar-refractivity contribution >= 4 is 18.2 Å². The van der Waals surface area contributed by atoms with Crippen LogP contribution in [0.3, 0.4) is 0 Å². The zero-order valence-electron chi connectivity index (χ0n) is 25.2. The maximum atomic E-state index is 13.5. The fourth-order valence-electron chi connectivity index (χ4n) is 5.81. The second kappa shape index (κ2) is 12.1. The fraction of sp³-hybridized carbons (Fsp3) is 0.382. The molecule has 2 saturated heterocycles. The lowest BCUT2D eigenvalue weighted by Gasteiger charge is -2.48. The molecule has 1 N–H and O–H groups in total. The van der Waals surface area contributed by atoms with Crippen LogP contribution in [-0.4, -0.2) is 69.0 Å². The van der Waals surface area contributed by atoms with Gasteiger partial charge in [0.15, 0.2) is 11.6 Å². The lowest BCUT2D eigenvalue weighted by Crippen LogP contribution is -2.59. The van der Waals surface area contributed by atoms with Gasteiger partial charge in [-0.1, -0.05) is 74.5 Å². The van der Waals surface area contributed by atoms with Crippen molar-refractivity contribution in [3.63, 3.8) is 0 Å². The van der Waals surface area contributed by atoms with E-state index in [1.807, 2.05) is 60.7 Å². The Kier molecular flexibility index (Phi) is 8.07. The van der Waals surface area contributed by atoms with Gasteiger partial charge in [0.05, 0.1) is 24.2 Å². The van der Waals surface area contributed by atoms with Gasteiger partial charge >= 0.3 is 0 Å². The van der Waals surface area contributed by atoms with E-state index in [0.717, 1.165) is 23.0 Å². The van der Waals surface area contributed by atoms with E-state index in [0.29, 0.717) is 50.7 Å². The van der Waals surface area contributed by atoms with Crippen molar-refractivity contribution in [2.75, 3.05) is 26.2 Å². The van der Waals surface area contributed by atoms with Crippen LogP contribution in [0.1, 0.15) is 70.5 Å². The molecule has 3 fully saturated rings. The van der Waals surface area contributed by atoms with E-state index in [-0.39, 0.29) is 28.8 Å². The Hall–Kier alpha value is -4.73. The lowest BCUT2D eigenvalue weighted by molar-refractivity contribution is -0.129. The number of nitrogens with zero attached hydrogens (tertiary/aromatic N) is 5. The van der Waals surface area contributed by atoms with Crippen molar-refractivity contribution in [2.24, 2.45) is 10.8 Å². The number of oxazole rings is 1. The van der Waals surface area contributed by atoms with Gasteiger partial charge in [0.25, 0.3) is 11.8 Å². The Bertz CT molecular complexity index is 1600. The highest BCUT2D eigenvalue weighted by Gasteiger charge is 2.57. The van der Waals surface area contributed by atoms with Gasteiger partial charge in [0.1, 0.15) is 6.26 Å². The van der Waals surface area contributed by atoms with Crippen LogP contribution in [0.2, 0.25) is 0 Å². The van der Waals surface area contributed by atoms with E-state index in [4.69, 9.17) is 4.42 Å². The summed E-state index contributed by atoms with van der Waals surface area (Å²) >= 11 is 0. The monoisotopic (exact) mass is 594 g/mol. The minimum Gasteiger partial charge on any atom is -0.448 e. The quantitative estimate of drug-likeness (QED) is 0.304. The molecule has 0 radical (unpaired) electrons. The van der Waals surface area contributed by atoms with Crippen LogP contribution < -0.4 is 5.32 Å². The number of rotatable bonds is 8. The van der Waals surface area contributed by atoms with Crippen LogP contribution in [0.5, 0.6) is 0 Å². The van der Waals surface area contributed by atoms with Crippen molar-refractivity contribution in [3.05, 3.63) is 108 Å². The molecule has 2 aliphatic heterocycles. The number of nitrogens with one attached hydrogen (secondary N) is 1. The van der Waals surface area contributed by atoms with Crippen LogP contribution in [0.15, 0.2) is 83.7 Å². The Morgan fingerprint density at radius 2 is 1.66 bits per heavy atom. The highest BCUT2D eigenvalue weighted by molar-refractivity contribution is 5.94. The van der Waals surface area contributed by atoms with Crippen molar-refractivity contribution in [1.29, 1.82) is 0 Å². The van der Waals surface area contributed by atoms with Crippen LogP contribution >= 0.6 is 0 Å². The second-order valence-corrected chi connectivity index (χ2v) is 12.9. The summed E-state index contributed by atoms with van der Waals surface area (Å²) in [5.74, 6) is -0.302. The molecule has 4 aromatic rings. The summed E-state index contributed by atoms with van der Waals surface area (Å²) in [4.78, 5) is 45.5. The van der Waals surface area contributed by atoms with E-state index >= 15 is 0 Å². The molecule has 228 valence electrons. The molecule has 2 aromatic carbocycles. The number of carbonyl (C=O) groups excluding carboxylic acids is 3. The highest BCUT2D eigenvalue weighted by atomic mass is 16.3. The number of amides is 3. The average Bonchev–Trinajstić information content (AvgIpc) is 3.45. The van der Waals surface area contributed by atoms with Crippen molar-refractivity contribution in [2.45, 2.75) is 45.7 Å². The Morgan fingerprint density at radius 3 is 2.30 bits per heavy atom. The van der Waals surface area contributed by atoms with Gasteiger partial charge in [-0.15, -0.1) is 0 Å². The molecule has 44 heavy (non-hydrogen) atoms. The van der Waals surface area contributed by atoms with Crippen molar-refractivity contribution < 1.29 is 18.8 Å². The molecule has 1 atom stereocenters. The van der Waals surface area contributed by atoms with Gasteiger partial charge in [-0.2, -0.15) is 5.10 Å². The van der Waals surface area contributed by atoms with Crippen molar-refractivity contribution in [1.82, 2.24) is 29.9 Å². The predicted octanol–water partition coefficient (Wildman–Crippen LogP) is 4.35. The molecule has 2 aromatic heterocycles. The molecular weight excluding hydrogens is 556 g/mol. The van der Waals surface area contributed by atoms with Crippen molar-refractivity contribution in [3.8, 4) is 0 Å². The van der Waals surface area contributed by atoms with E-state index in [1.165, 1.54) is 19.1 Å². The molecule has 1 spiro atoms. The Labute approximate surface area is 257 Å². The summed E-state index contributed by atoms with van der Waals surface area (Å²) in [6.07, 6.45) is 8.42. The summed E-state index contributed by atoms with van der Waals surface area (Å²) in [6, 6.07) is 19.5. The third-order valence-corrected chi connectivity index (χ3v) is 8.79. The zero-order valence-corrected chi connectivity index (χ0v) is 25.2. The van der Waals surface area contributed by atoms with Gasteiger partial charge in [0.2, 0.25) is 6.41 Å². The van der Waals surface area contributed by atoms with E-state index in [2.05, 4.69) is 29.2 Å². The first kappa shape index (κ1) is 29.3. The third-order valence-electron chi connectivity index (χ3n) is 8.79. The summed E-state index contributed by atoms with van der Waals surface area (Å²) in [6.45, 7) is 7.38. The number of benzene rings is 2. The fourth-order valence-corrected chi connectivity index (χ4v) is 5.81. The molecule has 3 amide bonds. The largest absolute Gasteiger partial charge is 0.448 e. The smallest absolute Gasteiger partial charge is 0.273 e. The SMILES string of the molecule is CC1(C)CC1.O=CN1CC2(C1)CN(C(=O)c1cnn(Cc3ccccc3)c1)CC2c1nc(C(=O)NCc2ccccc2)co1. The van der Waals surface area contributed by atoms with E-state index < -0.39 is 0 Å². The Morgan fingerprint density at radius 1 is 1.00 bits per heavy atom. The average molecular weight is 595 g/mol. The number of aromatic nitrogens is 3. The molecule has 1 unspecified atom stereocenters. The van der Waals surface area contributed by atoms with Gasteiger partial charge in [-0.3, -0.25) is 19.1 Å². The predicted molar refractivity (Wildman–Crippen MR) is 164 cm³/mol. The van der Waals surface area contributed by atoms with Crippen LogP contribution in [0.25, 0.3) is 0 Å². The van der Waals surface area contributed by atoms with Gasteiger partial charge < -0.3 is 19.5 Å². The van der Waals surface area contributed by atoms with Crippen LogP contribution in [-0.2, 0) is 17.9 Å². The minimum absolute atomic E-state index is 0.131. The molecule has 10 heteroatoms. The first-order chi connectivity index (χ1) is 21.2. The van der Waals surface area contributed by atoms with Crippen LogP contribution in [0.4, 0.5) is 0 Å². The normalized spacial score (nSPS) is 19.1. The Balaban J connectivity index is 0.000000625. The maximum Gasteiger partial charge on any atom is 0.273 e. The van der Waals surface area contributed by atoms with Gasteiger partial charge in [-0.05, 0) is 29.4 Å². The number of hydrogen-bond donors (Lipinski definition) is 1. The second-order valence-electron chi connectivity index (χ2n) is 12.9. The van der Waals surface area contributed by atoms with Crippen LogP contribution in [0, 0.1) is 10.8 Å². The molecule has 1 aliphatic carbocycles. The first-order valence-electron chi connectivity index (χ1n) is 15.1. The molecule has 4 heterocycles. The zero-order chi connectivity index (χ0) is 30.7. The number of carbonyl (C=O) groups is 3. The number of likely N-dealkylation sites (tertiary alicyclic amines) is 2. The topological polar surface area (TPSA) is 114 Å². The van der Waals surface area contributed by atoms with Gasteiger partial charge in [0, 0.05) is 44.3 Å².